The molecule has 0 aliphatic carbocycles. The minimum absolute atomic E-state index is 0.0935. The van der Waals surface area contributed by atoms with Crippen molar-refractivity contribution < 1.29 is 22.1 Å². The van der Waals surface area contributed by atoms with E-state index in [0.29, 0.717) is 6.54 Å². The maximum Gasteiger partial charge on any atom is 0.264 e. The molecule has 1 aromatic heterocycles. The van der Waals surface area contributed by atoms with E-state index in [2.05, 4.69) is 10.1 Å². The SMILES string of the molecule is Cc1ccc(C2(Cn3cncn3)OCC(COS(C)(=O)=O)O2)cc1. The van der Waals surface area contributed by atoms with E-state index in [0.717, 1.165) is 17.4 Å². The van der Waals surface area contributed by atoms with E-state index in [-0.39, 0.29) is 13.2 Å². The number of hydrogen-bond acceptors (Lipinski definition) is 7. The summed E-state index contributed by atoms with van der Waals surface area (Å²) in [5.74, 6) is -1.06. The third kappa shape index (κ3) is 3.99. The summed E-state index contributed by atoms with van der Waals surface area (Å²) in [5.41, 5.74) is 1.94. The van der Waals surface area contributed by atoms with Gasteiger partial charge in [0.1, 0.15) is 25.3 Å². The van der Waals surface area contributed by atoms with Gasteiger partial charge in [-0.05, 0) is 6.92 Å². The molecule has 0 saturated carbocycles. The van der Waals surface area contributed by atoms with E-state index in [1.54, 1.807) is 11.0 Å². The van der Waals surface area contributed by atoms with Crippen LogP contribution in [-0.4, -0.2) is 48.8 Å². The van der Waals surface area contributed by atoms with Crippen LogP contribution in [0.3, 0.4) is 0 Å². The Hall–Kier alpha value is -1.81. The lowest BCUT2D eigenvalue weighted by Gasteiger charge is -2.28. The second-order valence-corrected chi connectivity index (χ2v) is 7.40. The summed E-state index contributed by atoms with van der Waals surface area (Å²) >= 11 is 0. The highest BCUT2D eigenvalue weighted by Crippen LogP contribution is 2.36. The van der Waals surface area contributed by atoms with Gasteiger partial charge in [-0.3, -0.25) is 4.18 Å². The Morgan fingerprint density at radius 1 is 1.38 bits per heavy atom. The van der Waals surface area contributed by atoms with Crippen molar-refractivity contribution in [3.63, 3.8) is 0 Å². The number of aromatic nitrogens is 3. The Morgan fingerprint density at radius 2 is 2.12 bits per heavy atom. The summed E-state index contributed by atoms with van der Waals surface area (Å²) in [6.45, 7) is 2.42. The summed E-state index contributed by atoms with van der Waals surface area (Å²) in [6.07, 6.45) is 3.51. The minimum Gasteiger partial charge on any atom is -0.342 e. The number of benzene rings is 1. The summed E-state index contributed by atoms with van der Waals surface area (Å²) in [4.78, 5) is 3.93. The van der Waals surface area contributed by atoms with Crippen LogP contribution in [0.4, 0.5) is 0 Å². The van der Waals surface area contributed by atoms with Crippen molar-refractivity contribution in [1.82, 2.24) is 14.8 Å². The van der Waals surface area contributed by atoms with Gasteiger partial charge in [0, 0.05) is 5.56 Å². The first-order valence-electron chi connectivity index (χ1n) is 7.42. The van der Waals surface area contributed by atoms with Crippen LogP contribution in [0.1, 0.15) is 11.1 Å². The number of rotatable bonds is 6. The van der Waals surface area contributed by atoms with Gasteiger partial charge < -0.3 is 9.47 Å². The molecule has 0 radical (unpaired) electrons. The fourth-order valence-corrected chi connectivity index (χ4v) is 2.91. The predicted octanol–water partition coefficient (Wildman–Crippen LogP) is 0.831. The topological polar surface area (TPSA) is 92.5 Å². The minimum atomic E-state index is -3.53. The Labute approximate surface area is 140 Å². The van der Waals surface area contributed by atoms with Crippen LogP contribution < -0.4 is 0 Å². The van der Waals surface area contributed by atoms with Crippen molar-refractivity contribution in [3.05, 3.63) is 48.0 Å². The molecule has 0 spiro atoms. The van der Waals surface area contributed by atoms with Gasteiger partial charge in [0.05, 0.1) is 19.5 Å². The first kappa shape index (κ1) is 17.0. The van der Waals surface area contributed by atoms with Gasteiger partial charge in [0.2, 0.25) is 5.79 Å². The van der Waals surface area contributed by atoms with Crippen LogP contribution in [0.15, 0.2) is 36.9 Å². The highest BCUT2D eigenvalue weighted by atomic mass is 32.2. The molecule has 0 N–H and O–H groups in total. The molecule has 3 rings (SSSR count). The third-order valence-electron chi connectivity index (χ3n) is 3.66. The lowest BCUT2D eigenvalue weighted by molar-refractivity contribution is -0.190. The maximum atomic E-state index is 11.2. The van der Waals surface area contributed by atoms with Gasteiger partial charge in [-0.1, -0.05) is 29.8 Å². The van der Waals surface area contributed by atoms with Crippen LogP contribution in [0.25, 0.3) is 0 Å². The molecule has 2 atom stereocenters. The maximum absolute atomic E-state index is 11.2. The van der Waals surface area contributed by atoms with Crippen LogP contribution in [0.2, 0.25) is 0 Å². The Balaban J connectivity index is 1.82. The molecule has 2 heterocycles. The average molecular weight is 353 g/mol. The van der Waals surface area contributed by atoms with Crippen molar-refractivity contribution in [1.29, 1.82) is 0 Å². The standard InChI is InChI=1S/C15H19N3O5S/c1-12-3-5-13(6-4-12)15(9-18-11-16-10-17-18)21-7-14(23-15)8-22-24(2,19)20/h3-6,10-11,14H,7-9H2,1-2H3. The van der Waals surface area contributed by atoms with Gasteiger partial charge in [0.15, 0.2) is 0 Å². The second kappa shape index (κ2) is 6.60. The molecule has 1 aromatic carbocycles. The molecule has 1 fully saturated rings. The fraction of sp³-hybridized carbons (Fsp3) is 0.467. The van der Waals surface area contributed by atoms with Gasteiger partial charge in [-0.25, -0.2) is 9.67 Å². The number of aryl methyl sites for hydroxylation is 1. The first-order valence-corrected chi connectivity index (χ1v) is 9.24. The average Bonchev–Trinajstić information content (AvgIpc) is 3.16. The lowest BCUT2D eigenvalue weighted by Crippen LogP contribution is -2.34. The zero-order valence-electron chi connectivity index (χ0n) is 13.5. The smallest absolute Gasteiger partial charge is 0.264 e. The predicted molar refractivity (Wildman–Crippen MR) is 84.5 cm³/mol. The molecular weight excluding hydrogens is 334 g/mol. The van der Waals surface area contributed by atoms with Gasteiger partial charge in [0.25, 0.3) is 10.1 Å². The largest absolute Gasteiger partial charge is 0.342 e. The van der Waals surface area contributed by atoms with Crippen molar-refractivity contribution >= 4 is 10.1 Å². The van der Waals surface area contributed by atoms with Crippen LogP contribution in [0, 0.1) is 6.92 Å². The van der Waals surface area contributed by atoms with Gasteiger partial charge in [-0.15, -0.1) is 0 Å². The quantitative estimate of drug-likeness (QED) is 0.710. The molecule has 1 aliphatic rings. The Bertz CT molecular complexity index is 776. The molecule has 0 amide bonds. The zero-order valence-corrected chi connectivity index (χ0v) is 14.3. The van der Waals surface area contributed by atoms with Crippen LogP contribution in [-0.2, 0) is 36.1 Å². The van der Waals surface area contributed by atoms with E-state index >= 15 is 0 Å². The van der Waals surface area contributed by atoms with E-state index in [4.69, 9.17) is 13.7 Å². The van der Waals surface area contributed by atoms with E-state index in [9.17, 15) is 8.42 Å². The van der Waals surface area contributed by atoms with Crippen LogP contribution >= 0.6 is 0 Å². The lowest BCUT2D eigenvalue weighted by atomic mass is 10.0. The first-order chi connectivity index (χ1) is 11.4. The molecule has 130 valence electrons. The molecule has 9 heteroatoms. The molecule has 0 bridgehead atoms. The Morgan fingerprint density at radius 3 is 2.75 bits per heavy atom. The summed E-state index contributed by atoms with van der Waals surface area (Å²) < 4.78 is 40.8. The summed E-state index contributed by atoms with van der Waals surface area (Å²) in [7, 11) is -3.53. The molecule has 2 aromatic rings. The fourth-order valence-electron chi connectivity index (χ4n) is 2.51. The monoisotopic (exact) mass is 353 g/mol. The molecular formula is C15H19N3O5S. The number of nitrogens with zero attached hydrogens (tertiary/aromatic N) is 3. The van der Waals surface area contributed by atoms with E-state index in [1.807, 2.05) is 31.2 Å². The normalized spacial score (nSPS) is 24.3. The number of ether oxygens (including phenoxy) is 2. The van der Waals surface area contributed by atoms with Crippen molar-refractivity contribution in [3.8, 4) is 0 Å². The number of hydrogen-bond donors (Lipinski definition) is 0. The van der Waals surface area contributed by atoms with Gasteiger partial charge in [-0.2, -0.15) is 13.5 Å². The van der Waals surface area contributed by atoms with Crippen LogP contribution in [0.5, 0.6) is 0 Å². The Kier molecular flexibility index (Phi) is 4.68. The summed E-state index contributed by atoms with van der Waals surface area (Å²) in [6, 6.07) is 7.77. The van der Waals surface area contributed by atoms with Gasteiger partial charge >= 0.3 is 0 Å². The van der Waals surface area contributed by atoms with Crippen molar-refractivity contribution in [2.75, 3.05) is 19.5 Å². The zero-order chi connectivity index (χ0) is 17.2. The van der Waals surface area contributed by atoms with E-state index in [1.165, 1.54) is 6.33 Å². The third-order valence-corrected chi connectivity index (χ3v) is 4.22. The highest BCUT2D eigenvalue weighted by Gasteiger charge is 2.44. The molecule has 1 aliphatic heterocycles. The molecule has 2 unspecified atom stereocenters. The molecule has 8 nitrogen and oxygen atoms in total. The van der Waals surface area contributed by atoms with Crippen molar-refractivity contribution in [2.24, 2.45) is 0 Å². The summed E-state index contributed by atoms with van der Waals surface area (Å²) in [5, 5.41) is 4.10. The second-order valence-electron chi connectivity index (χ2n) is 5.75. The highest BCUT2D eigenvalue weighted by molar-refractivity contribution is 7.85. The van der Waals surface area contributed by atoms with E-state index < -0.39 is 22.0 Å². The molecule has 1 saturated heterocycles. The molecule has 24 heavy (non-hydrogen) atoms. The van der Waals surface area contributed by atoms with Crippen molar-refractivity contribution in [2.45, 2.75) is 25.4 Å².